The average molecular weight is 364 g/mol. The molecule has 2 atom stereocenters. The lowest BCUT2D eigenvalue weighted by Gasteiger charge is -2.27. The fourth-order valence-electron chi connectivity index (χ4n) is 2.33. The van der Waals surface area contributed by atoms with E-state index in [-0.39, 0.29) is 24.2 Å². The molecule has 6 heteroatoms. The molecule has 1 fully saturated rings. The zero-order valence-electron chi connectivity index (χ0n) is 11.6. The Hall–Kier alpha value is -0.780. The third kappa shape index (κ3) is 4.36. The molecule has 0 spiro atoms. The minimum absolute atomic E-state index is 0. The zero-order chi connectivity index (χ0) is 13.8. The fourth-order valence-corrected chi connectivity index (χ4v) is 2.68. The Kier molecular flexibility index (Phi) is 6.79. The fraction of sp³-hybridized carbons (Fsp3) is 0.500. The number of amides is 1. The number of hydrogen-bond acceptors (Lipinski definition) is 3. The molecule has 2 rings (SSSR count). The quantitative estimate of drug-likeness (QED) is 0.867. The largest absolute Gasteiger partial charge is 0.497 e. The smallest absolute Gasteiger partial charge is 0.227 e. The number of halogens is 2. The van der Waals surface area contributed by atoms with Crippen LogP contribution in [-0.2, 0) is 4.79 Å². The molecule has 4 nitrogen and oxygen atoms in total. The number of rotatable bonds is 3. The van der Waals surface area contributed by atoms with Crippen LogP contribution in [0.5, 0.6) is 5.75 Å². The van der Waals surface area contributed by atoms with Crippen LogP contribution in [0.1, 0.15) is 19.8 Å². The van der Waals surface area contributed by atoms with Gasteiger partial charge in [0.1, 0.15) is 5.75 Å². The molecule has 1 aliphatic rings. The molecular formula is C14H20BrClN2O2. The molecule has 20 heavy (non-hydrogen) atoms. The lowest BCUT2D eigenvalue weighted by atomic mass is 9.92. The van der Waals surface area contributed by atoms with E-state index in [1.807, 2.05) is 18.2 Å². The highest BCUT2D eigenvalue weighted by molar-refractivity contribution is 9.10. The minimum Gasteiger partial charge on any atom is -0.497 e. The van der Waals surface area contributed by atoms with Crippen LogP contribution in [0.4, 0.5) is 5.69 Å². The molecule has 0 unspecified atom stereocenters. The molecule has 1 saturated heterocycles. The Morgan fingerprint density at radius 1 is 1.50 bits per heavy atom. The normalized spacial score (nSPS) is 21.8. The van der Waals surface area contributed by atoms with Crippen molar-refractivity contribution in [1.82, 2.24) is 5.32 Å². The SMILES string of the molecule is COc1ccc(Br)c(NC(=O)[C@H]2CCN[C@@H](C)C2)c1.Cl. The summed E-state index contributed by atoms with van der Waals surface area (Å²) < 4.78 is 6.04. The number of hydrogen-bond donors (Lipinski definition) is 2. The van der Waals surface area contributed by atoms with E-state index in [1.165, 1.54) is 0 Å². The summed E-state index contributed by atoms with van der Waals surface area (Å²) in [7, 11) is 1.61. The van der Waals surface area contributed by atoms with Crippen LogP contribution in [0, 0.1) is 5.92 Å². The number of ether oxygens (including phenoxy) is 1. The van der Waals surface area contributed by atoms with Gasteiger partial charge in [0.05, 0.1) is 12.8 Å². The Labute approximate surface area is 134 Å². The molecule has 1 aliphatic heterocycles. The van der Waals surface area contributed by atoms with Crippen LogP contribution in [0.25, 0.3) is 0 Å². The van der Waals surface area contributed by atoms with E-state index < -0.39 is 0 Å². The second-order valence-corrected chi connectivity index (χ2v) is 5.77. The molecule has 1 heterocycles. The maximum atomic E-state index is 12.3. The van der Waals surface area contributed by atoms with Crippen LogP contribution in [-0.4, -0.2) is 25.6 Å². The highest BCUT2D eigenvalue weighted by atomic mass is 79.9. The summed E-state index contributed by atoms with van der Waals surface area (Å²) in [6.45, 7) is 3.01. The van der Waals surface area contributed by atoms with Gasteiger partial charge in [-0.15, -0.1) is 12.4 Å². The Balaban J connectivity index is 0.00000200. The topological polar surface area (TPSA) is 50.4 Å². The van der Waals surface area contributed by atoms with Crippen LogP contribution in [0.2, 0.25) is 0 Å². The van der Waals surface area contributed by atoms with Gasteiger partial charge in [0.2, 0.25) is 5.91 Å². The standard InChI is InChI=1S/C14H19BrN2O2.ClH/c1-9-7-10(5-6-16-9)14(18)17-13-8-11(19-2)3-4-12(13)15;/h3-4,8-10,16H,5-7H2,1-2H3,(H,17,18);1H/t9-,10-;/m0./s1. The highest BCUT2D eigenvalue weighted by Crippen LogP contribution is 2.28. The highest BCUT2D eigenvalue weighted by Gasteiger charge is 2.25. The molecule has 0 aliphatic carbocycles. The number of nitrogens with one attached hydrogen (secondary N) is 2. The van der Waals surface area contributed by atoms with Gasteiger partial charge in [0, 0.05) is 22.5 Å². The number of benzene rings is 1. The van der Waals surface area contributed by atoms with Gasteiger partial charge in [-0.05, 0) is 54.4 Å². The van der Waals surface area contributed by atoms with E-state index >= 15 is 0 Å². The minimum atomic E-state index is 0. The molecule has 0 saturated carbocycles. The first-order valence-corrected chi connectivity index (χ1v) is 7.27. The predicted molar refractivity (Wildman–Crippen MR) is 86.8 cm³/mol. The monoisotopic (exact) mass is 362 g/mol. The number of anilines is 1. The van der Waals surface area contributed by atoms with Crippen molar-refractivity contribution in [1.29, 1.82) is 0 Å². The summed E-state index contributed by atoms with van der Waals surface area (Å²) in [6, 6.07) is 5.96. The molecule has 1 aromatic rings. The summed E-state index contributed by atoms with van der Waals surface area (Å²) in [6.07, 6.45) is 1.77. The molecule has 1 aromatic carbocycles. The van der Waals surface area contributed by atoms with E-state index in [9.17, 15) is 4.79 Å². The first-order valence-electron chi connectivity index (χ1n) is 6.48. The summed E-state index contributed by atoms with van der Waals surface area (Å²) >= 11 is 3.44. The Bertz CT molecular complexity index is 470. The van der Waals surface area contributed by atoms with Gasteiger partial charge in [-0.3, -0.25) is 4.79 Å². The summed E-state index contributed by atoms with van der Waals surface area (Å²) in [5, 5.41) is 6.33. The Morgan fingerprint density at radius 2 is 2.25 bits per heavy atom. The Morgan fingerprint density at radius 3 is 2.90 bits per heavy atom. The first-order chi connectivity index (χ1) is 9.10. The van der Waals surface area contributed by atoms with Crippen molar-refractivity contribution in [2.24, 2.45) is 5.92 Å². The zero-order valence-corrected chi connectivity index (χ0v) is 14.0. The first kappa shape index (κ1) is 17.3. The van der Waals surface area contributed by atoms with E-state index in [0.29, 0.717) is 6.04 Å². The second kappa shape index (κ2) is 7.86. The van der Waals surface area contributed by atoms with E-state index in [0.717, 1.165) is 35.3 Å². The van der Waals surface area contributed by atoms with Crippen molar-refractivity contribution in [2.75, 3.05) is 19.0 Å². The van der Waals surface area contributed by atoms with Crippen LogP contribution >= 0.6 is 28.3 Å². The van der Waals surface area contributed by atoms with Crippen molar-refractivity contribution in [2.45, 2.75) is 25.8 Å². The van der Waals surface area contributed by atoms with Crippen LogP contribution in [0.3, 0.4) is 0 Å². The van der Waals surface area contributed by atoms with Crippen molar-refractivity contribution in [3.63, 3.8) is 0 Å². The van der Waals surface area contributed by atoms with E-state index in [2.05, 4.69) is 33.5 Å². The van der Waals surface area contributed by atoms with Gasteiger partial charge in [-0.25, -0.2) is 0 Å². The molecular weight excluding hydrogens is 344 g/mol. The molecule has 112 valence electrons. The lowest BCUT2D eigenvalue weighted by molar-refractivity contribution is -0.120. The maximum absolute atomic E-state index is 12.3. The van der Waals surface area contributed by atoms with Gasteiger partial charge in [0.15, 0.2) is 0 Å². The average Bonchev–Trinajstić information content (AvgIpc) is 2.41. The van der Waals surface area contributed by atoms with Gasteiger partial charge >= 0.3 is 0 Å². The maximum Gasteiger partial charge on any atom is 0.227 e. The number of piperidine rings is 1. The van der Waals surface area contributed by atoms with Crippen LogP contribution in [0.15, 0.2) is 22.7 Å². The molecule has 0 bridgehead atoms. The third-order valence-electron chi connectivity index (χ3n) is 3.43. The summed E-state index contributed by atoms with van der Waals surface area (Å²) in [4.78, 5) is 12.3. The lowest BCUT2D eigenvalue weighted by Crippen LogP contribution is -2.40. The van der Waals surface area contributed by atoms with Crippen LogP contribution < -0.4 is 15.4 Å². The van der Waals surface area contributed by atoms with E-state index in [4.69, 9.17) is 4.74 Å². The second-order valence-electron chi connectivity index (χ2n) is 4.91. The van der Waals surface area contributed by atoms with Crippen molar-refractivity contribution in [3.8, 4) is 5.75 Å². The molecule has 0 aromatic heterocycles. The summed E-state index contributed by atoms with van der Waals surface area (Å²) in [5.74, 6) is 0.897. The third-order valence-corrected chi connectivity index (χ3v) is 4.12. The predicted octanol–water partition coefficient (Wildman–Crippen LogP) is 3.21. The number of carbonyl (C=O) groups excluding carboxylic acids is 1. The van der Waals surface area contributed by atoms with Gasteiger partial charge in [-0.1, -0.05) is 0 Å². The molecule has 0 radical (unpaired) electrons. The van der Waals surface area contributed by atoms with Gasteiger partial charge in [-0.2, -0.15) is 0 Å². The van der Waals surface area contributed by atoms with Crippen molar-refractivity contribution < 1.29 is 9.53 Å². The summed E-state index contributed by atoms with van der Waals surface area (Å²) in [5.41, 5.74) is 0.760. The molecule has 2 N–H and O–H groups in total. The molecule has 1 amide bonds. The number of carbonyl (C=O) groups is 1. The van der Waals surface area contributed by atoms with Crippen molar-refractivity contribution >= 4 is 39.9 Å². The van der Waals surface area contributed by atoms with Gasteiger partial charge < -0.3 is 15.4 Å². The van der Waals surface area contributed by atoms with Gasteiger partial charge in [0.25, 0.3) is 0 Å². The van der Waals surface area contributed by atoms with E-state index in [1.54, 1.807) is 7.11 Å². The van der Waals surface area contributed by atoms with Crippen molar-refractivity contribution in [3.05, 3.63) is 22.7 Å². The number of methoxy groups -OCH3 is 1.